The van der Waals surface area contributed by atoms with Crippen LogP contribution in [-0.4, -0.2) is 29.8 Å². The molecular formula is C20H21FIN3O3. The number of nitrogens with two attached hydrogens (primary N) is 1. The predicted molar refractivity (Wildman–Crippen MR) is 112 cm³/mol. The molecule has 0 saturated heterocycles. The summed E-state index contributed by atoms with van der Waals surface area (Å²) in [6, 6.07) is 11.3. The molecule has 0 bridgehead atoms. The highest BCUT2D eigenvalue weighted by molar-refractivity contribution is 14.1. The maximum Gasteiger partial charge on any atom is 0.243 e. The number of carbonyl (C=O) groups is 3. The first-order chi connectivity index (χ1) is 13.2. The average molecular weight is 497 g/mol. The monoisotopic (exact) mass is 497 g/mol. The minimum absolute atomic E-state index is 0.153. The minimum Gasteiger partial charge on any atom is -0.368 e. The van der Waals surface area contributed by atoms with Gasteiger partial charge in [-0.1, -0.05) is 24.3 Å². The number of halogens is 2. The van der Waals surface area contributed by atoms with Crippen LogP contribution in [0.1, 0.15) is 18.1 Å². The van der Waals surface area contributed by atoms with Crippen molar-refractivity contribution in [1.82, 2.24) is 10.6 Å². The number of primary amides is 1. The molecule has 0 saturated carbocycles. The summed E-state index contributed by atoms with van der Waals surface area (Å²) in [4.78, 5) is 36.0. The molecule has 3 amide bonds. The Labute approximate surface area is 176 Å². The quantitative estimate of drug-likeness (QED) is 0.484. The van der Waals surface area contributed by atoms with Crippen LogP contribution in [0.3, 0.4) is 0 Å². The summed E-state index contributed by atoms with van der Waals surface area (Å²) in [5.74, 6) is -1.99. The Hall–Kier alpha value is -2.49. The fourth-order valence-electron chi connectivity index (χ4n) is 2.66. The van der Waals surface area contributed by atoms with Gasteiger partial charge < -0.3 is 16.4 Å². The van der Waals surface area contributed by atoms with Gasteiger partial charge in [0.05, 0.1) is 0 Å². The van der Waals surface area contributed by atoms with Crippen LogP contribution < -0.4 is 16.4 Å². The first-order valence-electron chi connectivity index (χ1n) is 8.60. The Balaban J connectivity index is 2.11. The molecule has 6 nitrogen and oxygen atoms in total. The highest BCUT2D eigenvalue weighted by atomic mass is 127. The van der Waals surface area contributed by atoms with E-state index in [0.29, 0.717) is 5.56 Å². The van der Waals surface area contributed by atoms with Gasteiger partial charge in [0.1, 0.15) is 17.9 Å². The Morgan fingerprint density at radius 3 is 1.93 bits per heavy atom. The van der Waals surface area contributed by atoms with Gasteiger partial charge >= 0.3 is 0 Å². The molecule has 2 aromatic rings. The van der Waals surface area contributed by atoms with Crippen molar-refractivity contribution in [3.8, 4) is 0 Å². The lowest BCUT2D eigenvalue weighted by molar-refractivity contribution is -0.130. The van der Waals surface area contributed by atoms with E-state index in [4.69, 9.17) is 5.73 Å². The lowest BCUT2D eigenvalue weighted by Crippen LogP contribution is -2.54. The average Bonchev–Trinajstić information content (AvgIpc) is 2.63. The number of nitrogens with one attached hydrogen (secondary N) is 2. The Kier molecular flexibility index (Phi) is 7.91. The summed E-state index contributed by atoms with van der Waals surface area (Å²) in [5, 5.41) is 5.17. The smallest absolute Gasteiger partial charge is 0.243 e. The summed E-state index contributed by atoms with van der Waals surface area (Å²) >= 11 is 2.17. The summed E-state index contributed by atoms with van der Waals surface area (Å²) in [6.07, 6.45) is 0.391. The Bertz CT molecular complexity index is 841. The van der Waals surface area contributed by atoms with Crippen molar-refractivity contribution in [2.45, 2.75) is 31.8 Å². The van der Waals surface area contributed by atoms with Crippen molar-refractivity contribution < 1.29 is 18.8 Å². The third-order valence-corrected chi connectivity index (χ3v) is 4.78. The van der Waals surface area contributed by atoms with Gasteiger partial charge in [0.2, 0.25) is 17.7 Å². The normalized spacial score (nSPS) is 12.7. The van der Waals surface area contributed by atoms with Crippen LogP contribution in [0.2, 0.25) is 0 Å². The van der Waals surface area contributed by atoms with E-state index in [1.165, 1.54) is 31.2 Å². The Morgan fingerprint density at radius 2 is 1.43 bits per heavy atom. The first kappa shape index (κ1) is 21.8. The second-order valence-electron chi connectivity index (χ2n) is 6.38. The third-order valence-electron chi connectivity index (χ3n) is 4.06. The summed E-state index contributed by atoms with van der Waals surface area (Å²) < 4.78 is 14.1. The van der Waals surface area contributed by atoms with Gasteiger partial charge in [-0.25, -0.2) is 4.39 Å². The molecule has 0 aliphatic carbocycles. The number of rotatable bonds is 8. The molecule has 0 radical (unpaired) electrons. The van der Waals surface area contributed by atoms with Crippen molar-refractivity contribution in [2.75, 3.05) is 0 Å². The summed E-state index contributed by atoms with van der Waals surface area (Å²) in [5.41, 5.74) is 6.97. The van der Waals surface area contributed by atoms with Crippen LogP contribution in [0.25, 0.3) is 0 Å². The number of benzene rings is 2. The zero-order chi connectivity index (χ0) is 20.7. The van der Waals surface area contributed by atoms with E-state index in [1.54, 1.807) is 0 Å². The van der Waals surface area contributed by atoms with E-state index in [9.17, 15) is 18.8 Å². The molecule has 0 heterocycles. The fourth-order valence-corrected chi connectivity index (χ4v) is 3.02. The molecule has 0 aliphatic rings. The molecule has 0 unspecified atom stereocenters. The molecule has 0 spiro atoms. The van der Waals surface area contributed by atoms with Crippen LogP contribution in [0.15, 0.2) is 48.5 Å². The minimum atomic E-state index is -0.919. The molecule has 148 valence electrons. The van der Waals surface area contributed by atoms with Crippen LogP contribution in [0.4, 0.5) is 4.39 Å². The second kappa shape index (κ2) is 10.2. The molecule has 8 heteroatoms. The molecule has 2 atom stereocenters. The molecule has 2 rings (SSSR count). The molecule has 28 heavy (non-hydrogen) atoms. The van der Waals surface area contributed by atoms with Gasteiger partial charge in [0.25, 0.3) is 0 Å². The van der Waals surface area contributed by atoms with Gasteiger partial charge in [-0.15, -0.1) is 0 Å². The van der Waals surface area contributed by atoms with Gasteiger partial charge in [-0.3, -0.25) is 14.4 Å². The van der Waals surface area contributed by atoms with Crippen molar-refractivity contribution in [3.63, 3.8) is 0 Å². The number of amides is 3. The van der Waals surface area contributed by atoms with E-state index in [-0.39, 0.29) is 12.8 Å². The van der Waals surface area contributed by atoms with Crippen molar-refractivity contribution in [2.24, 2.45) is 5.73 Å². The standard InChI is InChI=1S/C20H21FIN3O3/c1-12(26)24-18(11-13-2-6-15(21)7-3-13)20(28)25-17(19(23)27)10-14-4-8-16(22)9-5-14/h2-9,17-18H,10-11H2,1H3,(H2,23,27)(H,24,26)(H,25,28)/t17-,18+/m0/s1. The first-order valence-corrected chi connectivity index (χ1v) is 9.68. The largest absolute Gasteiger partial charge is 0.368 e. The van der Waals surface area contributed by atoms with Crippen molar-refractivity contribution in [1.29, 1.82) is 0 Å². The highest BCUT2D eigenvalue weighted by Gasteiger charge is 2.25. The number of carbonyl (C=O) groups excluding carboxylic acids is 3. The van der Waals surface area contributed by atoms with Gasteiger partial charge in [0, 0.05) is 23.3 Å². The maximum absolute atomic E-state index is 13.1. The van der Waals surface area contributed by atoms with Crippen molar-refractivity contribution >= 4 is 40.3 Å². The molecule has 0 fully saturated rings. The van der Waals surface area contributed by atoms with Gasteiger partial charge in [-0.05, 0) is 58.0 Å². The molecule has 0 aromatic heterocycles. The SMILES string of the molecule is CC(=O)N[C@H](Cc1ccc(F)cc1)C(=O)N[C@@H](Cc1ccc(I)cc1)C(N)=O. The Morgan fingerprint density at radius 1 is 0.929 bits per heavy atom. The highest BCUT2D eigenvalue weighted by Crippen LogP contribution is 2.10. The van der Waals surface area contributed by atoms with Gasteiger partial charge in [-0.2, -0.15) is 0 Å². The third kappa shape index (κ3) is 6.91. The lowest BCUT2D eigenvalue weighted by atomic mass is 10.0. The van der Waals surface area contributed by atoms with Crippen molar-refractivity contribution in [3.05, 3.63) is 69.0 Å². The molecule has 0 aliphatic heterocycles. The molecule has 4 N–H and O–H groups in total. The second-order valence-corrected chi connectivity index (χ2v) is 7.62. The zero-order valence-electron chi connectivity index (χ0n) is 15.2. The topological polar surface area (TPSA) is 101 Å². The summed E-state index contributed by atoms with van der Waals surface area (Å²) in [6.45, 7) is 1.29. The number of hydrogen-bond acceptors (Lipinski definition) is 3. The zero-order valence-corrected chi connectivity index (χ0v) is 17.4. The van der Waals surface area contributed by atoms with E-state index in [1.807, 2.05) is 24.3 Å². The van der Waals surface area contributed by atoms with E-state index >= 15 is 0 Å². The van der Waals surface area contributed by atoms with Crippen LogP contribution >= 0.6 is 22.6 Å². The maximum atomic E-state index is 13.1. The van der Waals surface area contributed by atoms with Crippen LogP contribution in [-0.2, 0) is 27.2 Å². The number of hydrogen-bond donors (Lipinski definition) is 3. The van der Waals surface area contributed by atoms with E-state index in [2.05, 4.69) is 33.2 Å². The van der Waals surface area contributed by atoms with Crippen LogP contribution in [0, 0.1) is 9.39 Å². The van der Waals surface area contributed by atoms with Crippen LogP contribution in [0.5, 0.6) is 0 Å². The van der Waals surface area contributed by atoms with E-state index in [0.717, 1.165) is 9.13 Å². The van der Waals surface area contributed by atoms with E-state index < -0.39 is 35.6 Å². The summed E-state index contributed by atoms with van der Waals surface area (Å²) in [7, 11) is 0. The molecular weight excluding hydrogens is 476 g/mol. The fraction of sp³-hybridized carbons (Fsp3) is 0.250. The lowest BCUT2D eigenvalue weighted by Gasteiger charge is -2.22. The molecule has 2 aromatic carbocycles. The predicted octanol–water partition coefficient (Wildman–Crippen LogP) is 1.69. The van der Waals surface area contributed by atoms with Gasteiger partial charge in [0.15, 0.2) is 0 Å².